The van der Waals surface area contributed by atoms with Crippen LogP contribution < -0.4 is 5.56 Å². The zero-order valence-electron chi connectivity index (χ0n) is 11.4. The number of nitrogens with zero attached hydrogens (tertiary/aromatic N) is 3. The van der Waals surface area contributed by atoms with Crippen molar-refractivity contribution in [1.82, 2.24) is 14.3 Å². The first-order valence-corrected chi connectivity index (χ1v) is 7.35. The van der Waals surface area contributed by atoms with Crippen LogP contribution in [0.15, 0.2) is 40.8 Å². The van der Waals surface area contributed by atoms with Gasteiger partial charge in [0.05, 0.1) is 29.6 Å². The van der Waals surface area contributed by atoms with E-state index in [0.717, 1.165) is 4.88 Å². The number of ether oxygens (including phenoxy) is 1. The van der Waals surface area contributed by atoms with Gasteiger partial charge in [-0.05, 0) is 19.1 Å². The fourth-order valence-corrected chi connectivity index (χ4v) is 2.77. The summed E-state index contributed by atoms with van der Waals surface area (Å²) < 4.78 is 7.74. The molecule has 0 bridgehead atoms. The molecule has 6 nitrogen and oxygen atoms in total. The molecule has 0 unspecified atom stereocenters. The smallest absolute Gasteiger partial charge is 0.433 e. The average molecular weight is 303 g/mol. The number of hydrogen-bond donors (Lipinski definition) is 0. The molecule has 0 aliphatic heterocycles. The second kappa shape index (κ2) is 5.53. The summed E-state index contributed by atoms with van der Waals surface area (Å²) in [6.07, 6.45) is 1.13. The predicted molar refractivity (Wildman–Crippen MR) is 79.8 cm³/mol. The van der Waals surface area contributed by atoms with Crippen molar-refractivity contribution in [3.8, 4) is 0 Å². The van der Waals surface area contributed by atoms with E-state index in [1.54, 1.807) is 42.9 Å². The van der Waals surface area contributed by atoms with Gasteiger partial charge in [-0.2, -0.15) is 4.68 Å². The topological polar surface area (TPSA) is 66.1 Å². The Bertz CT molecular complexity index is 833. The lowest BCUT2D eigenvalue weighted by molar-refractivity contribution is 0.147. The normalized spacial score (nSPS) is 10.9. The highest BCUT2D eigenvalue weighted by Gasteiger charge is 2.19. The fourth-order valence-electron chi connectivity index (χ4n) is 2.19. The predicted octanol–water partition coefficient (Wildman–Crippen LogP) is 2.31. The molecular weight excluding hydrogens is 290 g/mol. The van der Waals surface area contributed by atoms with Crippen molar-refractivity contribution in [2.45, 2.75) is 13.5 Å². The molecule has 108 valence electrons. The Kier molecular flexibility index (Phi) is 3.57. The summed E-state index contributed by atoms with van der Waals surface area (Å²) in [5.74, 6) is 0. The first kappa shape index (κ1) is 13.6. The molecule has 21 heavy (non-hydrogen) atoms. The third-order valence-electron chi connectivity index (χ3n) is 3.07. The Morgan fingerprint density at radius 2 is 2.19 bits per heavy atom. The van der Waals surface area contributed by atoms with Crippen LogP contribution in [0.4, 0.5) is 4.79 Å². The van der Waals surface area contributed by atoms with E-state index in [-0.39, 0.29) is 18.7 Å². The quantitative estimate of drug-likeness (QED) is 0.744. The van der Waals surface area contributed by atoms with Crippen molar-refractivity contribution in [2.24, 2.45) is 0 Å². The van der Waals surface area contributed by atoms with E-state index in [1.807, 2.05) is 0 Å². The molecule has 0 saturated heterocycles. The molecule has 0 atom stereocenters. The van der Waals surface area contributed by atoms with Gasteiger partial charge in [0, 0.05) is 11.1 Å². The minimum absolute atomic E-state index is 0.216. The molecule has 0 spiro atoms. The minimum Gasteiger partial charge on any atom is -0.448 e. The first-order valence-electron chi connectivity index (χ1n) is 6.47. The van der Waals surface area contributed by atoms with Crippen LogP contribution in [0.2, 0.25) is 0 Å². The number of hydrogen-bond acceptors (Lipinski definition) is 5. The van der Waals surface area contributed by atoms with Gasteiger partial charge in [0.1, 0.15) is 0 Å². The van der Waals surface area contributed by atoms with Gasteiger partial charge >= 0.3 is 6.09 Å². The number of thiazole rings is 1. The van der Waals surface area contributed by atoms with Crippen LogP contribution in [0.1, 0.15) is 11.8 Å². The summed E-state index contributed by atoms with van der Waals surface area (Å²) in [5, 5.41) is 0.495. The Labute approximate surface area is 124 Å². The van der Waals surface area contributed by atoms with Crippen molar-refractivity contribution in [1.29, 1.82) is 0 Å². The third-order valence-corrected chi connectivity index (χ3v) is 3.83. The lowest BCUT2D eigenvalue weighted by Gasteiger charge is -2.10. The van der Waals surface area contributed by atoms with Gasteiger partial charge in [0.25, 0.3) is 5.56 Å². The Hall–Kier alpha value is -2.41. The number of carbonyl (C=O) groups is 1. The molecule has 0 aliphatic carbocycles. The van der Waals surface area contributed by atoms with Crippen molar-refractivity contribution in [3.05, 3.63) is 51.2 Å². The zero-order chi connectivity index (χ0) is 14.8. The number of aromatic nitrogens is 3. The van der Waals surface area contributed by atoms with Gasteiger partial charge in [0.15, 0.2) is 0 Å². The van der Waals surface area contributed by atoms with Gasteiger partial charge in [-0.1, -0.05) is 12.1 Å². The molecule has 3 rings (SSSR count). The third kappa shape index (κ3) is 2.36. The molecule has 0 radical (unpaired) electrons. The molecule has 1 aromatic carbocycles. The summed E-state index contributed by atoms with van der Waals surface area (Å²) in [7, 11) is 0. The van der Waals surface area contributed by atoms with E-state index in [9.17, 15) is 9.59 Å². The van der Waals surface area contributed by atoms with Gasteiger partial charge in [-0.3, -0.25) is 9.78 Å². The molecule has 3 aromatic rings. The maximum absolute atomic E-state index is 12.5. The van der Waals surface area contributed by atoms with Gasteiger partial charge in [0.2, 0.25) is 0 Å². The van der Waals surface area contributed by atoms with Crippen molar-refractivity contribution < 1.29 is 9.53 Å². The number of benzene rings is 1. The second-order valence-corrected chi connectivity index (χ2v) is 5.33. The van der Waals surface area contributed by atoms with Crippen molar-refractivity contribution in [2.75, 3.05) is 6.61 Å². The van der Waals surface area contributed by atoms with Crippen LogP contribution in [-0.4, -0.2) is 27.0 Å². The first-order chi connectivity index (χ1) is 10.2. The molecule has 0 fully saturated rings. The molecule has 0 amide bonds. The van der Waals surface area contributed by atoms with Crippen LogP contribution in [0, 0.1) is 0 Å². The van der Waals surface area contributed by atoms with E-state index in [4.69, 9.17) is 4.74 Å². The van der Waals surface area contributed by atoms with Gasteiger partial charge < -0.3 is 4.74 Å². The summed E-state index contributed by atoms with van der Waals surface area (Å²) in [4.78, 5) is 29.6. The number of para-hydroxylation sites is 1. The summed E-state index contributed by atoms with van der Waals surface area (Å²) in [5.41, 5.74) is 2.02. The van der Waals surface area contributed by atoms with Crippen molar-refractivity contribution >= 4 is 28.3 Å². The average Bonchev–Trinajstić information content (AvgIpc) is 3.08. The summed E-state index contributed by atoms with van der Waals surface area (Å²) in [6.45, 7) is 2.27. The highest BCUT2D eigenvalue weighted by Crippen LogP contribution is 2.14. The standard InChI is InChI=1S/C14H13N3O3S/c1-2-20-14(19)17-12-6-4-3-5-11(12)13(18)16(17)8-10-7-15-9-21-10/h3-7,9H,2,8H2,1H3. The molecule has 2 heterocycles. The SMILES string of the molecule is CCOC(=O)n1c2ccccc2c(=O)n1Cc1cncs1. The highest BCUT2D eigenvalue weighted by molar-refractivity contribution is 7.09. The fraction of sp³-hybridized carbons (Fsp3) is 0.214. The second-order valence-electron chi connectivity index (χ2n) is 4.36. The lowest BCUT2D eigenvalue weighted by Crippen LogP contribution is -2.28. The Morgan fingerprint density at radius 3 is 2.90 bits per heavy atom. The Morgan fingerprint density at radius 1 is 1.38 bits per heavy atom. The van der Waals surface area contributed by atoms with E-state index in [2.05, 4.69) is 4.98 Å². The molecule has 0 N–H and O–H groups in total. The van der Waals surface area contributed by atoms with E-state index < -0.39 is 6.09 Å². The maximum Gasteiger partial charge on any atom is 0.433 e. The van der Waals surface area contributed by atoms with Crippen LogP contribution in [0.25, 0.3) is 10.9 Å². The number of carbonyl (C=O) groups excluding carboxylic acids is 1. The lowest BCUT2D eigenvalue weighted by atomic mass is 10.2. The maximum atomic E-state index is 12.5. The molecule has 7 heteroatoms. The highest BCUT2D eigenvalue weighted by atomic mass is 32.1. The van der Waals surface area contributed by atoms with Crippen LogP contribution in [0.5, 0.6) is 0 Å². The molecular formula is C14H13N3O3S. The van der Waals surface area contributed by atoms with E-state index in [0.29, 0.717) is 10.9 Å². The molecule has 0 aliphatic rings. The van der Waals surface area contributed by atoms with E-state index in [1.165, 1.54) is 20.7 Å². The van der Waals surface area contributed by atoms with Crippen LogP contribution >= 0.6 is 11.3 Å². The summed E-state index contributed by atoms with van der Waals surface area (Å²) >= 11 is 1.43. The largest absolute Gasteiger partial charge is 0.448 e. The van der Waals surface area contributed by atoms with Crippen molar-refractivity contribution in [3.63, 3.8) is 0 Å². The van der Waals surface area contributed by atoms with Crippen LogP contribution in [0.3, 0.4) is 0 Å². The Balaban J connectivity index is 2.21. The van der Waals surface area contributed by atoms with Gasteiger partial charge in [-0.25, -0.2) is 9.48 Å². The monoisotopic (exact) mass is 303 g/mol. The summed E-state index contributed by atoms with van der Waals surface area (Å²) in [6, 6.07) is 7.00. The number of fused-ring (bicyclic) bond motifs is 1. The van der Waals surface area contributed by atoms with Gasteiger partial charge in [-0.15, -0.1) is 11.3 Å². The molecule has 0 saturated carbocycles. The minimum atomic E-state index is -0.555. The van der Waals surface area contributed by atoms with E-state index >= 15 is 0 Å². The number of rotatable bonds is 3. The van der Waals surface area contributed by atoms with Crippen LogP contribution in [-0.2, 0) is 11.3 Å². The zero-order valence-corrected chi connectivity index (χ0v) is 12.2. The molecule has 2 aromatic heterocycles.